The maximum atomic E-state index is 10.5. The fourth-order valence-corrected chi connectivity index (χ4v) is 7.33. The number of halogens is 2. The number of rotatable bonds is 15. The summed E-state index contributed by atoms with van der Waals surface area (Å²) < 4.78 is 23.5. The van der Waals surface area contributed by atoms with Crippen molar-refractivity contribution in [3.8, 4) is 11.5 Å². The van der Waals surface area contributed by atoms with Crippen LogP contribution in [0.3, 0.4) is 0 Å². The summed E-state index contributed by atoms with van der Waals surface area (Å²) >= 11 is 13.0. The van der Waals surface area contributed by atoms with Crippen LogP contribution in [0.25, 0.3) is 0 Å². The molecule has 2 saturated heterocycles. The van der Waals surface area contributed by atoms with E-state index in [4.69, 9.17) is 42.1 Å². The summed E-state index contributed by atoms with van der Waals surface area (Å²) in [6.45, 7) is 0.185. The average Bonchev–Trinajstić information content (AvgIpc) is 3.19. The monoisotopic (exact) mass is 798 g/mol. The van der Waals surface area contributed by atoms with Crippen LogP contribution in [0.5, 0.6) is 11.5 Å². The van der Waals surface area contributed by atoms with Crippen LogP contribution in [-0.2, 0) is 22.3 Å². The van der Waals surface area contributed by atoms with Crippen LogP contribution in [0.15, 0.2) is 84.9 Å². The van der Waals surface area contributed by atoms with Gasteiger partial charge in [0.1, 0.15) is 54.2 Å². The molecule has 0 saturated carbocycles. The topological polar surface area (TPSA) is 179 Å². The first-order valence-corrected chi connectivity index (χ1v) is 19.2. The van der Waals surface area contributed by atoms with Crippen LogP contribution in [0, 0.1) is 0 Å². The van der Waals surface area contributed by atoms with Crippen molar-refractivity contribution in [2.75, 3.05) is 26.4 Å². The number of unbranched alkanes of at least 4 members (excludes halogenated alkanes) is 1. The van der Waals surface area contributed by atoms with Gasteiger partial charge in [-0.2, -0.15) is 0 Å². The summed E-state index contributed by atoms with van der Waals surface area (Å²) in [6, 6.07) is 26.4. The van der Waals surface area contributed by atoms with E-state index in [1.165, 1.54) is 0 Å². The third kappa shape index (κ3) is 10.4. The van der Waals surface area contributed by atoms with Crippen molar-refractivity contribution < 1.29 is 54.7 Å². The Morgan fingerprint density at radius 2 is 1.05 bits per heavy atom. The molecule has 0 spiro atoms. The number of aliphatic hydroxyl groups is 7. The van der Waals surface area contributed by atoms with Crippen LogP contribution in [-0.4, -0.2) is 105 Å². The molecule has 0 amide bonds. The summed E-state index contributed by atoms with van der Waals surface area (Å²) in [6.07, 6.45) is -6.70. The summed E-state index contributed by atoms with van der Waals surface area (Å²) in [5, 5.41) is 71.4. The summed E-state index contributed by atoms with van der Waals surface area (Å²) in [7, 11) is 0. The molecule has 9 atom stereocenters. The second-order valence-electron chi connectivity index (χ2n) is 14.1. The van der Waals surface area contributed by atoms with Crippen molar-refractivity contribution >= 4 is 23.2 Å². The van der Waals surface area contributed by atoms with E-state index in [1.807, 2.05) is 60.7 Å². The number of hydrogen-bond donors (Lipinski definition) is 7. The minimum absolute atomic E-state index is 0.221. The molecule has 13 heteroatoms. The van der Waals surface area contributed by atoms with Crippen LogP contribution >= 0.6 is 23.2 Å². The molecule has 4 aromatic rings. The molecule has 0 aliphatic carbocycles. The molecule has 2 heterocycles. The lowest BCUT2D eigenvalue weighted by molar-refractivity contribution is -0.231. The molecule has 0 aromatic heterocycles. The van der Waals surface area contributed by atoms with Crippen molar-refractivity contribution in [2.24, 2.45) is 0 Å². The van der Waals surface area contributed by atoms with Crippen molar-refractivity contribution in [3.05, 3.63) is 128 Å². The van der Waals surface area contributed by atoms with E-state index in [0.29, 0.717) is 41.7 Å². The second kappa shape index (κ2) is 19.2. The first-order chi connectivity index (χ1) is 26.5. The first kappa shape index (κ1) is 41.3. The predicted molar refractivity (Wildman–Crippen MR) is 206 cm³/mol. The molecule has 296 valence electrons. The van der Waals surface area contributed by atoms with Crippen LogP contribution in [0.2, 0.25) is 10.0 Å². The Morgan fingerprint density at radius 3 is 1.58 bits per heavy atom. The number of hydrogen-bond acceptors (Lipinski definition) is 11. The minimum Gasteiger partial charge on any atom is -0.494 e. The van der Waals surface area contributed by atoms with E-state index >= 15 is 0 Å². The largest absolute Gasteiger partial charge is 0.494 e. The zero-order chi connectivity index (χ0) is 39.1. The first-order valence-electron chi connectivity index (χ1n) is 18.5. The van der Waals surface area contributed by atoms with Crippen LogP contribution in [0.4, 0.5) is 0 Å². The van der Waals surface area contributed by atoms with Gasteiger partial charge in [0, 0.05) is 16.5 Å². The lowest BCUT2D eigenvalue weighted by Gasteiger charge is -2.40. The van der Waals surface area contributed by atoms with Gasteiger partial charge in [0.2, 0.25) is 0 Å². The van der Waals surface area contributed by atoms with Crippen LogP contribution in [0.1, 0.15) is 64.9 Å². The Balaban J connectivity index is 0.923. The standard InChI is InChI=1S/C42H48Cl2O11/c43-32-13-7-26(35-21-34(47)38(48)36(22-45)54-35)19-28(32)17-24-3-9-30(10-4-24)52-15-1-2-16-53-31-11-5-25(6-12-31)18-29-20-27(8-14-33(29)44)42-41(51)40(50)39(49)37(23-46)55-42/h3-14,19-20,34-42,45-51H,1-2,15-18,21-23H2/t34?,35?,36?,37?,38-,39+,40?,41+,42?/m0/s1. The van der Waals surface area contributed by atoms with Crippen molar-refractivity contribution in [1.82, 2.24) is 0 Å². The van der Waals surface area contributed by atoms with Gasteiger partial charge in [0.05, 0.1) is 38.6 Å². The van der Waals surface area contributed by atoms with Crippen molar-refractivity contribution in [3.63, 3.8) is 0 Å². The van der Waals surface area contributed by atoms with Gasteiger partial charge < -0.3 is 54.7 Å². The van der Waals surface area contributed by atoms with Crippen molar-refractivity contribution in [1.29, 1.82) is 0 Å². The Kier molecular flexibility index (Phi) is 14.5. The Bertz CT molecular complexity index is 1820. The van der Waals surface area contributed by atoms with Gasteiger partial charge in [0.25, 0.3) is 0 Å². The summed E-state index contributed by atoms with van der Waals surface area (Å²) in [5.74, 6) is 1.50. The SMILES string of the molecule is OCC1OC(c2ccc(Cl)c(Cc3ccc(OCCCCOc4ccc(Cc5cc(C6CC(O)[C@H](O)C(CO)O6)ccc5Cl)cc4)cc3)c2)[C@H](O)C(O)[C@@H]1O. The third-order valence-corrected chi connectivity index (χ3v) is 10.9. The maximum absolute atomic E-state index is 10.5. The molecule has 7 N–H and O–H groups in total. The van der Waals surface area contributed by atoms with Gasteiger partial charge in [0.15, 0.2) is 0 Å². The Hall–Kier alpha value is -3.30. The van der Waals surface area contributed by atoms with Gasteiger partial charge >= 0.3 is 0 Å². The predicted octanol–water partition coefficient (Wildman–Crippen LogP) is 4.47. The molecule has 6 unspecified atom stereocenters. The van der Waals surface area contributed by atoms with Gasteiger partial charge in [-0.15, -0.1) is 0 Å². The van der Waals surface area contributed by atoms with E-state index in [-0.39, 0.29) is 13.0 Å². The summed E-state index contributed by atoms with van der Waals surface area (Å²) in [4.78, 5) is 0. The fourth-order valence-electron chi connectivity index (χ4n) is 6.96. The smallest absolute Gasteiger partial charge is 0.119 e. The highest BCUT2D eigenvalue weighted by molar-refractivity contribution is 6.31. The van der Waals surface area contributed by atoms with E-state index < -0.39 is 61.5 Å². The molecule has 2 fully saturated rings. The molecule has 2 aliphatic heterocycles. The Morgan fingerprint density at radius 1 is 0.564 bits per heavy atom. The van der Waals surface area contributed by atoms with Gasteiger partial charge in [-0.05, 0) is 95.5 Å². The minimum atomic E-state index is -1.46. The molecule has 4 aromatic carbocycles. The van der Waals surface area contributed by atoms with E-state index in [9.17, 15) is 35.7 Å². The highest BCUT2D eigenvalue weighted by Crippen LogP contribution is 2.36. The molecule has 2 aliphatic rings. The van der Waals surface area contributed by atoms with E-state index in [1.54, 1.807) is 24.3 Å². The quantitative estimate of drug-likeness (QED) is 0.0845. The van der Waals surface area contributed by atoms with Crippen molar-refractivity contribution in [2.45, 2.75) is 87.0 Å². The number of aliphatic hydroxyl groups excluding tert-OH is 7. The molecule has 55 heavy (non-hydrogen) atoms. The lowest BCUT2D eigenvalue weighted by atomic mass is 9.90. The number of benzene rings is 4. The lowest BCUT2D eigenvalue weighted by Crippen LogP contribution is -2.55. The zero-order valence-electron chi connectivity index (χ0n) is 30.2. The average molecular weight is 800 g/mol. The van der Waals surface area contributed by atoms with E-state index in [0.717, 1.165) is 52.2 Å². The maximum Gasteiger partial charge on any atom is 0.119 e. The van der Waals surface area contributed by atoms with Gasteiger partial charge in [-0.25, -0.2) is 0 Å². The molecule has 6 rings (SSSR count). The Labute approximate surface area is 330 Å². The highest BCUT2D eigenvalue weighted by atomic mass is 35.5. The second-order valence-corrected chi connectivity index (χ2v) is 15.0. The molecular weight excluding hydrogens is 751 g/mol. The molecule has 0 radical (unpaired) electrons. The zero-order valence-corrected chi connectivity index (χ0v) is 31.7. The number of ether oxygens (including phenoxy) is 4. The fraction of sp³-hybridized carbons (Fsp3) is 0.429. The van der Waals surface area contributed by atoms with Crippen LogP contribution < -0.4 is 9.47 Å². The summed E-state index contributed by atoms with van der Waals surface area (Å²) in [5.41, 5.74) is 5.13. The third-order valence-electron chi connectivity index (χ3n) is 10.2. The molecule has 11 nitrogen and oxygen atoms in total. The van der Waals surface area contributed by atoms with Gasteiger partial charge in [-0.1, -0.05) is 71.7 Å². The highest BCUT2D eigenvalue weighted by Gasteiger charge is 2.44. The molecular formula is C42H48Cl2O11. The molecule has 0 bridgehead atoms. The normalized spacial score (nSPS) is 26.8. The van der Waals surface area contributed by atoms with Gasteiger partial charge in [-0.3, -0.25) is 0 Å². The van der Waals surface area contributed by atoms with E-state index in [2.05, 4.69) is 0 Å².